The smallest absolute Gasteiger partial charge is 0.315 e. The first-order valence-corrected chi connectivity index (χ1v) is 5.10. The van der Waals surface area contributed by atoms with E-state index in [1.54, 1.807) is 12.5 Å². The monoisotopic (exact) mass is 222 g/mol. The van der Waals surface area contributed by atoms with E-state index in [4.69, 9.17) is 10.2 Å². The van der Waals surface area contributed by atoms with Gasteiger partial charge in [-0.1, -0.05) is 5.10 Å². The molecule has 86 valence electrons. The van der Waals surface area contributed by atoms with Crippen LogP contribution in [-0.2, 0) is 13.1 Å². The van der Waals surface area contributed by atoms with E-state index in [0.717, 1.165) is 19.5 Å². The Balaban J connectivity index is 1.68. The Hall–Kier alpha value is -1.89. The molecular weight excluding hydrogens is 208 g/mol. The molecule has 0 aliphatic heterocycles. The molecule has 0 fully saturated rings. The fourth-order valence-corrected chi connectivity index (χ4v) is 1.28. The third-order valence-corrected chi connectivity index (χ3v) is 2.07. The highest BCUT2D eigenvalue weighted by atomic mass is 16.4. The van der Waals surface area contributed by atoms with Crippen molar-refractivity contribution in [2.24, 2.45) is 5.73 Å². The molecule has 0 spiro atoms. The second-order valence-electron chi connectivity index (χ2n) is 3.29. The Labute approximate surface area is 92.7 Å². The highest BCUT2D eigenvalue weighted by molar-refractivity contribution is 5.16. The molecule has 2 aromatic rings. The highest BCUT2D eigenvalue weighted by Crippen LogP contribution is 2.04. The standard InChI is InChI=1S/C9H14N6O/c10-6-8-13-14-9(16-8)12-2-1-4-15-5-3-11-7-15/h3,5,7H,1-2,4,6,10H2,(H,12,14). The van der Waals surface area contributed by atoms with Gasteiger partial charge in [-0.15, -0.1) is 5.10 Å². The molecule has 0 bridgehead atoms. The Morgan fingerprint density at radius 1 is 1.44 bits per heavy atom. The molecule has 0 aromatic carbocycles. The summed E-state index contributed by atoms with van der Waals surface area (Å²) in [5.41, 5.74) is 5.35. The van der Waals surface area contributed by atoms with Crippen molar-refractivity contribution in [1.29, 1.82) is 0 Å². The topological polar surface area (TPSA) is 94.8 Å². The van der Waals surface area contributed by atoms with Gasteiger partial charge in [0.25, 0.3) is 0 Å². The lowest BCUT2D eigenvalue weighted by molar-refractivity contribution is 0.505. The van der Waals surface area contributed by atoms with Crippen molar-refractivity contribution in [3.05, 3.63) is 24.6 Å². The van der Waals surface area contributed by atoms with E-state index in [2.05, 4.69) is 20.5 Å². The largest absolute Gasteiger partial charge is 0.407 e. The number of nitrogens with one attached hydrogen (secondary N) is 1. The van der Waals surface area contributed by atoms with E-state index in [9.17, 15) is 0 Å². The second-order valence-corrected chi connectivity index (χ2v) is 3.29. The van der Waals surface area contributed by atoms with Crippen molar-refractivity contribution in [2.45, 2.75) is 19.5 Å². The summed E-state index contributed by atoms with van der Waals surface area (Å²) in [6.45, 7) is 1.94. The van der Waals surface area contributed by atoms with Gasteiger partial charge in [-0.3, -0.25) is 0 Å². The molecular formula is C9H14N6O. The van der Waals surface area contributed by atoms with E-state index >= 15 is 0 Å². The molecule has 3 N–H and O–H groups in total. The summed E-state index contributed by atoms with van der Waals surface area (Å²) in [4.78, 5) is 3.96. The number of rotatable bonds is 6. The zero-order valence-electron chi connectivity index (χ0n) is 8.83. The van der Waals surface area contributed by atoms with Crippen LogP contribution in [0.5, 0.6) is 0 Å². The molecule has 0 saturated heterocycles. The average Bonchev–Trinajstić information content (AvgIpc) is 2.95. The van der Waals surface area contributed by atoms with Crippen molar-refractivity contribution in [3.8, 4) is 0 Å². The van der Waals surface area contributed by atoms with Crippen molar-refractivity contribution < 1.29 is 4.42 Å². The third kappa shape index (κ3) is 2.80. The number of nitrogens with two attached hydrogens (primary N) is 1. The normalized spacial score (nSPS) is 10.6. The number of hydrogen-bond donors (Lipinski definition) is 2. The van der Waals surface area contributed by atoms with Gasteiger partial charge in [0, 0.05) is 25.5 Å². The molecule has 0 saturated carbocycles. The number of nitrogens with zero attached hydrogens (tertiary/aromatic N) is 4. The summed E-state index contributed by atoms with van der Waals surface area (Å²) in [6.07, 6.45) is 6.44. The SMILES string of the molecule is NCc1nnc(NCCCn2ccnc2)o1. The summed E-state index contributed by atoms with van der Waals surface area (Å²) in [5.74, 6) is 0.442. The molecule has 7 nitrogen and oxygen atoms in total. The van der Waals surface area contributed by atoms with E-state index in [0.29, 0.717) is 11.9 Å². The van der Waals surface area contributed by atoms with E-state index in [-0.39, 0.29) is 6.54 Å². The van der Waals surface area contributed by atoms with E-state index in [1.807, 2.05) is 10.8 Å². The molecule has 0 amide bonds. The molecule has 0 aliphatic carbocycles. The number of aromatic nitrogens is 4. The van der Waals surface area contributed by atoms with E-state index < -0.39 is 0 Å². The van der Waals surface area contributed by atoms with Crippen LogP contribution in [0.4, 0.5) is 6.01 Å². The summed E-state index contributed by atoms with van der Waals surface area (Å²) >= 11 is 0. The molecule has 7 heteroatoms. The molecule has 16 heavy (non-hydrogen) atoms. The zero-order valence-corrected chi connectivity index (χ0v) is 8.83. The number of imidazole rings is 1. The van der Waals surface area contributed by atoms with Crippen LogP contribution in [0.15, 0.2) is 23.1 Å². The van der Waals surface area contributed by atoms with E-state index in [1.165, 1.54) is 0 Å². The Morgan fingerprint density at radius 2 is 2.38 bits per heavy atom. The van der Waals surface area contributed by atoms with Crippen LogP contribution in [0, 0.1) is 0 Å². The maximum absolute atomic E-state index is 5.35. The van der Waals surface area contributed by atoms with Gasteiger partial charge < -0.3 is 20.0 Å². The fraction of sp³-hybridized carbons (Fsp3) is 0.444. The van der Waals surface area contributed by atoms with Crippen LogP contribution in [0.2, 0.25) is 0 Å². The number of hydrogen-bond acceptors (Lipinski definition) is 6. The molecule has 2 heterocycles. The van der Waals surface area contributed by atoms with Gasteiger partial charge in [0.05, 0.1) is 12.9 Å². The quantitative estimate of drug-likeness (QED) is 0.679. The maximum atomic E-state index is 5.35. The lowest BCUT2D eigenvalue weighted by atomic mass is 10.4. The van der Waals surface area contributed by atoms with Gasteiger partial charge in [0.1, 0.15) is 0 Å². The fourth-order valence-electron chi connectivity index (χ4n) is 1.28. The minimum atomic E-state index is 0.268. The summed E-state index contributed by atoms with van der Waals surface area (Å²) in [5, 5.41) is 10.6. The zero-order chi connectivity index (χ0) is 11.2. The van der Waals surface area contributed by atoms with Crippen LogP contribution in [-0.4, -0.2) is 26.3 Å². The van der Waals surface area contributed by atoms with Crippen molar-refractivity contribution in [2.75, 3.05) is 11.9 Å². The summed E-state index contributed by atoms with van der Waals surface area (Å²) in [6, 6.07) is 0.422. The molecule has 2 aromatic heterocycles. The molecule has 2 rings (SSSR count). The van der Waals surface area contributed by atoms with Crippen LogP contribution >= 0.6 is 0 Å². The van der Waals surface area contributed by atoms with Gasteiger partial charge in [0.2, 0.25) is 5.89 Å². The highest BCUT2D eigenvalue weighted by Gasteiger charge is 2.02. The van der Waals surface area contributed by atoms with Gasteiger partial charge in [-0.2, -0.15) is 0 Å². The van der Waals surface area contributed by atoms with Crippen LogP contribution in [0.1, 0.15) is 12.3 Å². The van der Waals surface area contributed by atoms with Crippen molar-refractivity contribution in [1.82, 2.24) is 19.7 Å². The Kier molecular flexibility index (Phi) is 3.50. The first kappa shape index (κ1) is 10.6. The number of anilines is 1. The Bertz CT molecular complexity index is 409. The molecule has 0 aliphatic rings. The predicted molar refractivity (Wildman–Crippen MR) is 57.5 cm³/mol. The lowest BCUT2D eigenvalue weighted by Crippen LogP contribution is -2.05. The summed E-state index contributed by atoms with van der Waals surface area (Å²) in [7, 11) is 0. The van der Waals surface area contributed by atoms with Crippen LogP contribution < -0.4 is 11.1 Å². The minimum absolute atomic E-state index is 0.268. The first-order chi connectivity index (χ1) is 7.88. The first-order valence-electron chi connectivity index (χ1n) is 5.10. The van der Waals surface area contributed by atoms with Crippen LogP contribution in [0.3, 0.4) is 0 Å². The predicted octanol–water partition coefficient (Wildman–Crippen LogP) is 0.227. The van der Waals surface area contributed by atoms with Gasteiger partial charge in [-0.25, -0.2) is 4.98 Å². The minimum Gasteiger partial charge on any atom is -0.407 e. The molecule has 0 radical (unpaired) electrons. The number of aryl methyl sites for hydroxylation is 1. The summed E-state index contributed by atoms with van der Waals surface area (Å²) < 4.78 is 7.21. The molecule has 0 unspecified atom stereocenters. The Morgan fingerprint density at radius 3 is 3.06 bits per heavy atom. The van der Waals surface area contributed by atoms with Gasteiger partial charge in [0.15, 0.2) is 0 Å². The van der Waals surface area contributed by atoms with Crippen molar-refractivity contribution in [3.63, 3.8) is 0 Å². The third-order valence-electron chi connectivity index (χ3n) is 2.07. The lowest BCUT2D eigenvalue weighted by Gasteiger charge is -2.02. The maximum Gasteiger partial charge on any atom is 0.315 e. The average molecular weight is 222 g/mol. The molecule has 0 atom stereocenters. The van der Waals surface area contributed by atoms with Gasteiger partial charge >= 0.3 is 6.01 Å². The van der Waals surface area contributed by atoms with Crippen molar-refractivity contribution >= 4 is 6.01 Å². The second kappa shape index (κ2) is 5.26. The van der Waals surface area contributed by atoms with Gasteiger partial charge in [-0.05, 0) is 6.42 Å². The van der Waals surface area contributed by atoms with Crippen LogP contribution in [0.25, 0.3) is 0 Å².